The Labute approximate surface area is 119 Å². The molecule has 0 saturated carbocycles. The largest absolute Gasteiger partial charge is 0.478 e. The molecule has 0 unspecified atom stereocenters. The van der Waals surface area contributed by atoms with Gasteiger partial charge in [-0.25, -0.2) is 9.78 Å². The first-order chi connectivity index (χ1) is 9.58. The quantitative estimate of drug-likeness (QED) is 0.749. The van der Waals surface area contributed by atoms with Gasteiger partial charge in [-0.3, -0.25) is 0 Å². The van der Waals surface area contributed by atoms with E-state index in [4.69, 9.17) is 4.74 Å². The number of anilines is 1. The molecule has 5 heteroatoms. The van der Waals surface area contributed by atoms with E-state index in [-0.39, 0.29) is 5.56 Å². The molecule has 0 amide bonds. The maximum Gasteiger partial charge on any atom is 0.339 e. The molecule has 110 valence electrons. The number of fused-ring (bicyclic) bond motifs is 1. The van der Waals surface area contributed by atoms with E-state index >= 15 is 0 Å². The molecule has 5 nitrogen and oxygen atoms in total. The van der Waals surface area contributed by atoms with Crippen LogP contribution in [-0.4, -0.2) is 35.8 Å². The van der Waals surface area contributed by atoms with E-state index in [1.165, 1.54) is 0 Å². The second kappa shape index (κ2) is 6.70. The zero-order valence-corrected chi connectivity index (χ0v) is 12.1. The molecule has 1 aliphatic carbocycles. The molecule has 0 spiro atoms. The zero-order valence-electron chi connectivity index (χ0n) is 12.1. The number of ether oxygens (including phenoxy) is 1. The van der Waals surface area contributed by atoms with E-state index < -0.39 is 5.97 Å². The van der Waals surface area contributed by atoms with Gasteiger partial charge in [0.25, 0.3) is 0 Å². The monoisotopic (exact) mass is 278 g/mol. The van der Waals surface area contributed by atoms with E-state index in [0.717, 1.165) is 30.5 Å². The van der Waals surface area contributed by atoms with Crippen LogP contribution in [0.25, 0.3) is 0 Å². The summed E-state index contributed by atoms with van der Waals surface area (Å²) in [4.78, 5) is 15.7. The Bertz CT molecular complexity index is 486. The van der Waals surface area contributed by atoms with Crippen molar-refractivity contribution >= 4 is 11.8 Å². The lowest BCUT2D eigenvalue weighted by atomic mass is 10.1. The summed E-state index contributed by atoms with van der Waals surface area (Å²) in [7, 11) is 0. The van der Waals surface area contributed by atoms with Crippen molar-refractivity contribution in [2.24, 2.45) is 5.92 Å². The van der Waals surface area contributed by atoms with Gasteiger partial charge < -0.3 is 15.2 Å². The maximum atomic E-state index is 11.3. The van der Waals surface area contributed by atoms with Gasteiger partial charge in [-0.15, -0.1) is 0 Å². The number of nitrogens with one attached hydrogen (secondary N) is 1. The highest BCUT2D eigenvalue weighted by atomic mass is 16.5. The van der Waals surface area contributed by atoms with Crippen LogP contribution < -0.4 is 5.32 Å². The first kappa shape index (κ1) is 14.8. The summed E-state index contributed by atoms with van der Waals surface area (Å²) in [6.07, 6.45) is 2.93. The molecular weight excluding hydrogens is 256 g/mol. The van der Waals surface area contributed by atoms with E-state index in [2.05, 4.69) is 24.1 Å². The van der Waals surface area contributed by atoms with E-state index in [9.17, 15) is 9.90 Å². The molecule has 1 aromatic rings. The van der Waals surface area contributed by atoms with Gasteiger partial charge in [0, 0.05) is 18.8 Å². The van der Waals surface area contributed by atoms with Crippen molar-refractivity contribution in [2.75, 3.05) is 25.1 Å². The number of aromatic carboxylic acids is 1. The molecule has 1 heterocycles. The van der Waals surface area contributed by atoms with Gasteiger partial charge in [-0.1, -0.05) is 13.8 Å². The summed E-state index contributed by atoms with van der Waals surface area (Å²) in [5.41, 5.74) is 2.36. The molecule has 1 aliphatic rings. The predicted molar refractivity (Wildman–Crippen MR) is 77.4 cm³/mol. The molecule has 1 aromatic heterocycles. The molecule has 0 atom stereocenters. The van der Waals surface area contributed by atoms with Crippen LogP contribution in [0.2, 0.25) is 0 Å². The van der Waals surface area contributed by atoms with Crippen molar-refractivity contribution in [1.82, 2.24) is 4.98 Å². The highest BCUT2D eigenvalue weighted by Gasteiger charge is 2.19. The number of carboxylic acids is 1. The molecule has 2 rings (SSSR count). The van der Waals surface area contributed by atoms with Crippen LogP contribution in [0.4, 0.5) is 5.82 Å². The van der Waals surface area contributed by atoms with Crippen molar-refractivity contribution < 1.29 is 14.6 Å². The smallest absolute Gasteiger partial charge is 0.339 e. The summed E-state index contributed by atoms with van der Waals surface area (Å²) < 4.78 is 5.47. The molecule has 0 fully saturated rings. The average molecular weight is 278 g/mol. The topological polar surface area (TPSA) is 71.5 Å². The highest BCUT2D eigenvalue weighted by molar-refractivity contribution is 5.93. The van der Waals surface area contributed by atoms with Gasteiger partial charge >= 0.3 is 5.97 Å². The predicted octanol–water partition coefficient (Wildman–Crippen LogP) is 2.35. The van der Waals surface area contributed by atoms with Crippen molar-refractivity contribution in [3.63, 3.8) is 0 Å². The summed E-state index contributed by atoms with van der Waals surface area (Å²) >= 11 is 0. The fourth-order valence-electron chi connectivity index (χ4n) is 2.33. The normalized spacial score (nSPS) is 13.6. The van der Waals surface area contributed by atoms with Gasteiger partial charge in [0.2, 0.25) is 0 Å². The number of rotatable bonds is 7. The van der Waals surface area contributed by atoms with Crippen LogP contribution in [0.5, 0.6) is 0 Å². The number of aromatic nitrogens is 1. The molecule has 2 N–H and O–H groups in total. The number of hydrogen-bond acceptors (Lipinski definition) is 4. The van der Waals surface area contributed by atoms with Crippen LogP contribution in [0.3, 0.4) is 0 Å². The van der Waals surface area contributed by atoms with Crippen LogP contribution >= 0.6 is 0 Å². The Morgan fingerprint density at radius 1 is 1.50 bits per heavy atom. The number of pyridine rings is 1. The van der Waals surface area contributed by atoms with Crippen LogP contribution in [0, 0.1) is 5.92 Å². The maximum absolute atomic E-state index is 11.3. The molecule has 0 radical (unpaired) electrons. The lowest BCUT2D eigenvalue weighted by molar-refractivity contribution is 0.0697. The summed E-state index contributed by atoms with van der Waals surface area (Å²) in [5, 5.41) is 12.3. The Kier molecular flexibility index (Phi) is 4.95. The minimum Gasteiger partial charge on any atom is -0.478 e. The Morgan fingerprint density at radius 2 is 2.30 bits per heavy atom. The highest BCUT2D eigenvalue weighted by Crippen LogP contribution is 2.25. The first-order valence-corrected chi connectivity index (χ1v) is 7.15. The number of nitrogens with zero attached hydrogens (tertiary/aromatic N) is 1. The molecular formula is C15H22N2O3. The number of carbonyl (C=O) groups is 1. The van der Waals surface area contributed by atoms with Crippen molar-refractivity contribution in [3.05, 3.63) is 22.9 Å². The van der Waals surface area contributed by atoms with Crippen molar-refractivity contribution in [1.29, 1.82) is 0 Å². The number of carboxylic acid groups (broad SMARTS) is 1. The third-order valence-electron chi connectivity index (χ3n) is 3.27. The van der Waals surface area contributed by atoms with Gasteiger partial charge in [0.05, 0.1) is 6.61 Å². The number of hydrogen-bond donors (Lipinski definition) is 2. The third kappa shape index (κ3) is 3.70. The van der Waals surface area contributed by atoms with Crippen molar-refractivity contribution in [3.8, 4) is 0 Å². The van der Waals surface area contributed by atoms with Crippen LogP contribution in [0.1, 0.15) is 41.9 Å². The Hall–Kier alpha value is -1.62. The van der Waals surface area contributed by atoms with Gasteiger partial charge in [-0.05, 0) is 36.8 Å². The third-order valence-corrected chi connectivity index (χ3v) is 3.27. The van der Waals surface area contributed by atoms with Crippen LogP contribution in [-0.2, 0) is 17.6 Å². The lowest BCUT2D eigenvalue weighted by Crippen LogP contribution is -2.16. The van der Waals surface area contributed by atoms with Crippen molar-refractivity contribution in [2.45, 2.75) is 33.1 Å². The zero-order chi connectivity index (χ0) is 14.5. The Morgan fingerprint density at radius 3 is 3.00 bits per heavy atom. The van der Waals surface area contributed by atoms with E-state index in [0.29, 0.717) is 31.5 Å². The average Bonchev–Trinajstić information content (AvgIpc) is 2.83. The molecule has 20 heavy (non-hydrogen) atoms. The van der Waals surface area contributed by atoms with Gasteiger partial charge in [0.15, 0.2) is 0 Å². The SMILES string of the molecule is CC(C)COCCNc1nc2c(cc1C(=O)O)CCC2. The summed E-state index contributed by atoms with van der Waals surface area (Å²) in [6, 6.07) is 1.76. The molecule has 0 aromatic carbocycles. The second-order valence-corrected chi connectivity index (χ2v) is 5.54. The fourth-order valence-corrected chi connectivity index (χ4v) is 2.33. The molecule has 0 saturated heterocycles. The lowest BCUT2D eigenvalue weighted by Gasteiger charge is -2.12. The second-order valence-electron chi connectivity index (χ2n) is 5.54. The number of aryl methyl sites for hydroxylation is 2. The molecule has 0 bridgehead atoms. The standard InChI is InChI=1S/C15H22N2O3/c1-10(2)9-20-7-6-16-14-12(15(18)19)8-11-4-3-5-13(11)17-14/h8,10H,3-7,9H2,1-2H3,(H,16,17)(H,18,19). The minimum atomic E-state index is -0.933. The van der Waals surface area contributed by atoms with Crippen LogP contribution in [0.15, 0.2) is 6.07 Å². The van der Waals surface area contributed by atoms with Gasteiger partial charge in [-0.2, -0.15) is 0 Å². The minimum absolute atomic E-state index is 0.259. The fraction of sp³-hybridized carbons (Fsp3) is 0.600. The summed E-state index contributed by atoms with van der Waals surface area (Å²) in [6.45, 7) is 6.02. The Balaban J connectivity index is 1.98. The summed E-state index contributed by atoms with van der Waals surface area (Å²) in [5.74, 6) is 0.0341. The first-order valence-electron chi connectivity index (χ1n) is 7.15. The van der Waals surface area contributed by atoms with Gasteiger partial charge in [0.1, 0.15) is 11.4 Å². The molecule has 0 aliphatic heterocycles. The van der Waals surface area contributed by atoms with E-state index in [1.54, 1.807) is 6.07 Å². The van der Waals surface area contributed by atoms with E-state index in [1.807, 2.05) is 0 Å².